The van der Waals surface area contributed by atoms with Crippen molar-refractivity contribution in [1.82, 2.24) is 10.2 Å². The lowest BCUT2D eigenvalue weighted by Crippen LogP contribution is -2.69. The fourth-order valence-electron chi connectivity index (χ4n) is 2.02. The maximum atomic E-state index is 11.8. The van der Waals surface area contributed by atoms with Crippen LogP contribution in [0.15, 0.2) is 0 Å². The molecule has 1 unspecified atom stereocenters. The second-order valence-electron chi connectivity index (χ2n) is 5.87. The van der Waals surface area contributed by atoms with Gasteiger partial charge in [0.25, 0.3) is 0 Å². The van der Waals surface area contributed by atoms with Crippen LogP contribution in [-0.2, 0) is 4.79 Å². The summed E-state index contributed by atoms with van der Waals surface area (Å²) in [5.74, 6) is -0.0799. The summed E-state index contributed by atoms with van der Waals surface area (Å²) in [6.45, 7) is 10.8. The fourth-order valence-corrected chi connectivity index (χ4v) is 2.02. The lowest BCUT2D eigenvalue weighted by Gasteiger charge is -2.49. The summed E-state index contributed by atoms with van der Waals surface area (Å²) in [4.78, 5) is 13.8. The minimum absolute atomic E-state index is 0.0799. The van der Waals surface area contributed by atoms with Gasteiger partial charge in [0.05, 0.1) is 6.61 Å². The molecule has 1 saturated heterocycles. The minimum Gasteiger partial charge on any atom is -0.394 e. The summed E-state index contributed by atoms with van der Waals surface area (Å²) in [6, 6.07) is -0.418. The number of carbonyl (C=O) groups is 1. The lowest BCUT2D eigenvalue weighted by molar-refractivity contribution is -0.138. The standard InChI is InChI=1S/C11H22N2O2/c1-10(2,3)13-7-11(4,5)12-9(15)8(13)6-14/h8,14H,6-7H2,1-5H3,(H,12,15). The van der Waals surface area contributed by atoms with Crippen molar-refractivity contribution in [2.75, 3.05) is 13.2 Å². The third-order valence-corrected chi connectivity index (χ3v) is 2.74. The van der Waals surface area contributed by atoms with Gasteiger partial charge in [-0.1, -0.05) is 0 Å². The number of hydrogen-bond acceptors (Lipinski definition) is 3. The summed E-state index contributed by atoms with van der Waals surface area (Å²) in [5, 5.41) is 12.2. The molecule has 0 aromatic carbocycles. The average molecular weight is 214 g/mol. The van der Waals surface area contributed by atoms with Gasteiger partial charge in [-0.2, -0.15) is 0 Å². The predicted molar refractivity (Wildman–Crippen MR) is 59.6 cm³/mol. The van der Waals surface area contributed by atoms with Gasteiger partial charge in [-0.05, 0) is 34.6 Å². The summed E-state index contributed by atoms with van der Waals surface area (Å²) >= 11 is 0. The highest BCUT2D eigenvalue weighted by atomic mass is 16.3. The Labute approximate surface area is 91.6 Å². The van der Waals surface area contributed by atoms with Crippen LogP contribution in [0.1, 0.15) is 34.6 Å². The third-order valence-electron chi connectivity index (χ3n) is 2.74. The molecule has 1 atom stereocenters. The van der Waals surface area contributed by atoms with Gasteiger partial charge < -0.3 is 10.4 Å². The number of aliphatic hydroxyl groups excluding tert-OH is 1. The van der Waals surface area contributed by atoms with E-state index in [1.54, 1.807) is 0 Å². The Morgan fingerprint density at radius 3 is 2.47 bits per heavy atom. The van der Waals surface area contributed by atoms with Gasteiger partial charge in [0, 0.05) is 17.6 Å². The third kappa shape index (κ3) is 2.69. The van der Waals surface area contributed by atoms with E-state index in [4.69, 9.17) is 0 Å². The summed E-state index contributed by atoms with van der Waals surface area (Å²) in [5.41, 5.74) is -0.335. The Hall–Kier alpha value is -0.610. The zero-order chi connectivity index (χ0) is 11.9. The number of nitrogens with one attached hydrogen (secondary N) is 1. The molecule has 0 bridgehead atoms. The molecule has 1 rings (SSSR count). The topological polar surface area (TPSA) is 52.6 Å². The molecule has 1 aliphatic heterocycles. The summed E-state index contributed by atoms with van der Waals surface area (Å²) < 4.78 is 0. The van der Waals surface area contributed by atoms with E-state index >= 15 is 0 Å². The molecule has 88 valence electrons. The van der Waals surface area contributed by atoms with Gasteiger partial charge in [0.15, 0.2) is 0 Å². The van der Waals surface area contributed by atoms with Crippen LogP contribution in [0.3, 0.4) is 0 Å². The first-order valence-corrected chi connectivity index (χ1v) is 5.37. The molecule has 4 heteroatoms. The van der Waals surface area contributed by atoms with Crippen molar-refractivity contribution in [2.45, 2.75) is 51.7 Å². The first-order valence-electron chi connectivity index (χ1n) is 5.37. The Bertz CT molecular complexity index is 256. The van der Waals surface area contributed by atoms with E-state index in [0.717, 1.165) is 6.54 Å². The van der Waals surface area contributed by atoms with Gasteiger partial charge in [-0.15, -0.1) is 0 Å². The molecule has 0 radical (unpaired) electrons. The van der Waals surface area contributed by atoms with Crippen molar-refractivity contribution in [3.8, 4) is 0 Å². The molecule has 1 heterocycles. The van der Waals surface area contributed by atoms with Crippen LogP contribution in [-0.4, -0.2) is 46.2 Å². The van der Waals surface area contributed by atoms with Crippen molar-refractivity contribution >= 4 is 5.91 Å². The smallest absolute Gasteiger partial charge is 0.240 e. The van der Waals surface area contributed by atoms with Crippen LogP contribution >= 0.6 is 0 Å². The lowest BCUT2D eigenvalue weighted by atomic mass is 9.92. The molecular formula is C11H22N2O2. The zero-order valence-corrected chi connectivity index (χ0v) is 10.3. The Kier molecular flexibility index (Phi) is 3.12. The second-order valence-corrected chi connectivity index (χ2v) is 5.87. The van der Waals surface area contributed by atoms with Crippen LogP contribution in [0.2, 0.25) is 0 Å². The first kappa shape index (κ1) is 12.5. The highest BCUT2D eigenvalue weighted by Crippen LogP contribution is 2.24. The fraction of sp³-hybridized carbons (Fsp3) is 0.909. The van der Waals surface area contributed by atoms with E-state index in [1.807, 2.05) is 13.8 Å². The van der Waals surface area contributed by atoms with Crippen LogP contribution in [0.5, 0.6) is 0 Å². The minimum atomic E-state index is -0.418. The van der Waals surface area contributed by atoms with Gasteiger partial charge in [-0.3, -0.25) is 9.69 Å². The Morgan fingerprint density at radius 2 is 2.07 bits per heavy atom. The van der Waals surface area contributed by atoms with Crippen molar-refractivity contribution in [3.05, 3.63) is 0 Å². The quantitative estimate of drug-likeness (QED) is 0.662. The van der Waals surface area contributed by atoms with E-state index < -0.39 is 6.04 Å². The molecule has 0 aromatic heterocycles. The molecule has 0 aliphatic carbocycles. The maximum Gasteiger partial charge on any atom is 0.240 e. The van der Waals surface area contributed by atoms with E-state index in [-0.39, 0.29) is 23.6 Å². The van der Waals surface area contributed by atoms with Gasteiger partial charge in [0.2, 0.25) is 5.91 Å². The monoisotopic (exact) mass is 214 g/mol. The van der Waals surface area contributed by atoms with Crippen molar-refractivity contribution < 1.29 is 9.90 Å². The van der Waals surface area contributed by atoms with Crippen molar-refractivity contribution in [1.29, 1.82) is 0 Å². The normalized spacial score (nSPS) is 27.6. The molecule has 15 heavy (non-hydrogen) atoms. The van der Waals surface area contributed by atoms with Gasteiger partial charge >= 0.3 is 0 Å². The first-order chi connectivity index (χ1) is 6.67. The SMILES string of the molecule is CC1(C)CN(C(C)(C)C)C(CO)C(=O)N1. The molecule has 2 N–H and O–H groups in total. The number of aliphatic hydroxyl groups is 1. The molecule has 1 aliphatic rings. The van der Waals surface area contributed by atoms with Crippen LogP contribution in [0, 0.1) is 0 Å². The van der Waals surface area contributed by atoms with E-state index in [9.17, 15) is 9.90 Å². The maximum absolute atomic E-state index is 11.8. The predicted octanol–water partition coefficient (Wildman–Crippen LogP) is 0.356. The van der Waals surface area contributed by atoms with Crippen LogP contribution in [0.4, 0.5) is 0 Å². The summed E-state index contributed by atoms with van der Waals surface area (Å²) in [7, 11) is 0. The number of hydrogen-bond donors (Lipinski definition) is 2. The molecule has 0 spiro atoms. The molecular weight excluding hydrogens is 192 g/mol. The van der Waals surface area contributed by atoms with E-state index in [0.29, 0.717) is 0 Å². The van der Waals surface area contributed by atoms with Crippen LogP contribution in [0.25, 0.3) is 0 Å². The van der Waals surface area contributed by atoms with Crippen molar-refractivity contribution in [2.24, 2.45) is 0 Å². The van der Waals surface area contributed by atoms with Gasteiger partial charge in [-0.25, -0.2) is 0 Å². The average Bonchev–Trinajstić information content (AvgIpc) is 1.99. The van der Waals surface area contributed by atoms with E-state index in [2.05, 4.69) is 31.0 Å². The number of rotatable bonds is 1. The number of amides is 1. The number of nitrogens with zero attached hydrogens (tertiary/aromatic N) is 1. The Morgan fingerprint density at radius 1 is 1.53 bits per heavy atom. The highest BCUT2D eigenvalue weighted by Gasteiger charge is 2.42. The molecule has 1 amide bonds. The molecule has 0 saturated carbocycles. The zero-order valence-electron chi connectivity index (χ0n) is 10.3. The number of carbonyl (C=O) groups excluding carboxylic acids is 1. The van der Waals surface area contributed by atoms with Crippen molar-refractivity contribution in [3.63, 3.8) is 0 Å². The molecule has 1 fully saturated rings. The number of piperazine rings is 1. The highest BCUT2D eigenvalue weighted by molar-refractivity contribution is 5.83. The van der Waals surface area contributed by atoms with Gasteiger partial charge in [0.1, 0.15) is 6.04 Å². The Balaban J connectivity index is 2.94. The molecule has 4 nitrogen and oxygen atoms in total. The van der Waals surface area contributed by atoms with Crippen LogP contribution < -0.4 is 5.32 Å². The molecule has 0 aromatic rings. The summed E-state index contributed by atoms with van der Waals surface area (Å²) in [6.07, 6.45) is 0. The largest absolute Gasteiger partial charge is 0.394 e. The second kappa shape index (κ2) is 3.76. The van der Waals surface area contributed by atoms with E-state index in [1.165, 1.54) is 0 Å².